The predicted molar refractivity (Wildman–Crippen MR) is 66.5 cm³/mol. The van der Waals surface area contributed by atoms with Crippen LogP contribution >= 0.6 is 0 Å². The number of carbonyl (C=O) groups is 1. The van der Waals surface area contributed by atoms with E-state index in [-0.39, 0.29) is 6.03 Å². The third-order valence-corrected chi connectivity index (χ3v) is 2.81. The Kier molecular flexibility index (Phi) is 3.88. The second kappa shape index (κ2) is 5.59. The molecule has 98 valence electrons. The minimum absolute atomic E-state index is 0.299. The SMILES string of the molecule is CN(CCc1ccc2c(c1)OCCO2)C(=O)NN. The van der Waals surface area contributed by atoms with Crippen molar-refractivity contribution in [3.8, 4) is 11.5 Å². The highest BCUT2D eigenvalue weighted by molar-refractivity contribution is 5.73. The molecule has 0 saturated heterocycles. The maximum Gasteiger partial charge on any atom is 0.331 e. The summed E-state index contributed by atoms with van der Waals surface area (Å²) in [6.45, 7) is 1.75. The van der Waals surface area contributed by atoms with Crippen LogP contribution in [0.3, 0.4) is 0 Å². The van der Waals surface area contributed by atoms with Crippen LogP contribution in [-0.4, -0.2) is 37.7 Å². The molecule has 1 aliphatic rings. The van der Waals surface area contributed by atoms with Gasteiger partial charge < -0.3 is 14.4 Å². The largest absolute Gasteiger partial charge is 0.486 e. The summed E-state index contributed by atoms with van der Waals surface area (Å²) in [6.07, 6.45) is 0.737. The van der Waals surface area contributed by atoms with E-state index < -0.39 is 0 Å². The molecular formula is C12H17N3O3. The van der Waals surface area contributed by atoms with Crippen LogP contribution in [0.1, 0.15) is 5.56 Å². The number of nitrogens with zero attached hydrogens (tertiary/aromatic N) is 1. The molecule has 0 bridgehead atoms. The molecule has 1 aromatic rings. The normalized spacial score (nSPS) is 13.0. The maximum atomic E-state index is 11.2. The van der Waals surface area contributed by atoms with E-state index >= 15 is 0 Å². The monoisotopic (exact) mass is 251 g/mol. The molecule has 0 aromatic heterocycles. The molecule has 1 aliphatic heterocycles. The summed E-state index contributed by atoms with van der Waals surface area (Å²) in [5.41, 5.74) is 3.19. The highest BCUT2D eigenvalue weighted by Gasteiger charge is 2.12. The zero-order valence-electron chi connectivity index (χ0n) is 10.3. The fourth-order valence-electron chi connectivity index (χ4n) is 1.75. The van der Waals surface area contributed by atoms with Crippen LogP contribution in [0, 0.1) is 0 Å². The van der Waals surface area contributed by atoms with Gasteiger partial charge in [-0.15, -0.1) is 0 Å². The van der Waals surface area contributed by atoms with Crippen LogP contribution in [0.25, 0.3) is 0 Å². The van der Waals surface area contributed by atoms with Gasteiger partial charge in [0.15, 0.2) is 11.5 Å². The Morgan fingerprint density at radius 2 is 2.11 bits per heavy atom. The van der Waals surface area contributed by atoms with Crippen molar-refractivity contribution in [3.05, 3.63) is 23.8 Å². The molecule has 0 radical (unpaired) electrons. The number of nitrogens with two attached hydrogens (primary N) is 1. The quantitative estimate of drug-likeness (QED) is 0.466. The topological polar surface area (TPSA) is 76.8 Å². The van der Waals surface area contributed by atoms with E-state index in [9.17, 15) is 4.79 Å². The van der Waals surface area contributed by atoms with E-state index in [0.717, 1.165) is 23.5 Å². The molecule has 1 aromatic carbocycles. The average Bonchev–Trinajstić information content (AvgIpc) is 2.43. The molecule has 0 fully saturated rings. The molecule has 6 heteroatoms. The van der Waals surface area contributed by atoms with Crippen molar-refractivity contribution in [2.45, 2.75) is 6.42 Å². The zero-order chi connectivity index (χ0) is 13.0. The van der Waals surface area contributed by atoms with Crippen LogP contribution in [-0.2, 0) is 6.42 Å². The van der Waals surface area contributed by atoms with E-state index in [1.54, 1.807) is 7.05 Å². The third-order valence-electron chi connectivity index (χ3n) is 2.81. The lowest BCUT2D eigenvalue weighted by Crippen LogP contribution is -2.41. The second-order valence-corrected chi connectivity index (χ2v) is 4.10. The Morgan fingerprint density at radius 1 is 1.39 bits per heavy atom. The van der Waals surface area contributed by atoms with Gasteiger partial charge in [-0.3, -0.25) is 5.43 Å². The number of ether oxygens (including phenoxy) is 2. The smallest absolute Gasteiger partial charge is 0.331 e. The number of hydrogen-bond donors (Lipinski definition) is 2. The van der Waals surface area contributed by atoms with Gasteiger partial charge in [0.1, 0.15) is 13.2 Å². The minimum atomic E-state index is -0.299. The Balaban J connectivity index is 1.96. The number of carbonyl (C=O) groups excluding carboxylic acids is 1. The fourth-order valence-corrected chi connectivity index (χ4v) is 1.75. The van der Waals surface area contributed by atoms with E-state index in [0.29, 0.717) is 19.8 Å². The molecular weight excluding hydrogens is 234 g/mol. The number of urea groups is 1. The standard InChI is InChI=1S/C12H17N3O3/c1-15(12(16)14-13)5-4-9-2-3-10-11(8-9)18-7-6-17-10/h2-3,8H,4-7,13H2,1H3,(H,14,16). The molecule has 2 rings (SSSR count). The molecule has 6 nitrogen and oxygen atoms in total. The van der Waals surface area contributed by atoms with Crippen LogP contribution in [0.15, 0.2) is 18.2 Å². The van der Waals surface area contributed by atoms with Crippen LogP contribution in [0.4, 0.5) is 4.79 Å². The van der Waals surface area contributed by atoms with Crippen molar-refractivity contribution in [3.63, 3.8) is 0 Å². The van der Waals surface area contributed by atoms with E-state index in [1.165, 1.54) is 4.90 Å². The first-order valence-electron chi connectivity index (χ1n) is 5.81. The molecule has 1 heterocycles. The fraction of sp³-hybridized carbons (Fsp3) is 0.417. The van der Waals surface area contributed by atoms with E-state index in [4.69, 9.17) is 15.3 Å². The van der Waals surface area contributed by atoms with Crippen molar-refractivity contribution < 1.29 is 14.3 Å². The number of fused-ring (bicyclic) bond motifs is 1. The van der Waals surface area contributed by atoms with Gasteiger partial charge in [0.05, 0.1) is 0 Å². The number of rotatable bonds is 3. The van der Waals surface area contributed by atoms with Gasteiger partial charge in [0.25, 0.3) is 0 Å². The van der Waals surface area contributed by atoms with Crippen molar-refractivity contribution in [2.75, 3.05) is 26.8 Å². The van der Waals surface area contributed by atoms with Gasteiger partial charge in [-0.2, -0.15) is 0 Å². The Hall–Kier alpha value is -1.95. The maximum absolute atomic E-state index is 11.2. The molecule has 0 aliphatic carbocycles. The van der Waals surface area contributed by atoms with Crippen molar-refractivity contribution in [1.82, 2.24) is 10.3 Å². The van der Waals surface area contributed by atoms with Gasteiger partial charge in [-0.1, -0.05) is 6.07 Å². The number of nitrogens with one attached hydrogen (secondary N) is 1. The van der Waals surface area contributed by atoms with Gasteiger partial charge in [-0.05, 0) is 24.1 Å². The van der Waals surface area contributed by atoms with Gasteiger partial charge in [0, 0.05) is 13.6 Å². The summed E-state index contributed by atoms with van der Waals surface area (Å²) < 4.78 is 10.9. The summed E-state index contributed by atoms with van der Waals surface area (Å²) >= 11 is 0. The Bertz CT molecular complexity index is 437. The molecule has 0 spiro atoms. The minimum Gasteiger partial charge on any atom is -0.486 e. The highest BCUT2D eigenvalue weighted by Crippen LogP contribution is 2.30. The van der Waals surface area contributed by atoms with Crippen molar-refractivity contribution >= 4 is 6.03 Å². The van der Waals surface area contributed by atoms with Crippen molar-refractivity contribution in [1.29, 1.82) is 0 Å². The van der Waals surface area contributed by atoms with E-state index in [1.807, 2.05) is 18.2 Å². The zero-order valence-corrected chi connectivity index (χ0v) is 10.3. The van der Waals surface area contributed by atoms with Gasteiger partial charge in [0.2, 0.25) is 0 Å². The first-order chi connectivity index (χ1) is 8.70. The summed E-state index contributed by atoms with van der Waals surface area (Å²) in [7, 11) is 1.69. The number of likely N-dealkylation sites (N-methyl/N-ethyl adjacent to an activating group) is 1. The number of hydrogen-bond acceptors (Lipinski definition) is 4. The molecule has 3 N–H and O–H groups in total. The Labute approximate surface area is 106 Å². The first-order valence-corrected chi connectivity index (χ1v) is 5.81. The molecule has 0 atom stereocenters. The highest BCUT2D eigenvalue weighted by atomic mass is 16.6. The van der Waals surface area contributed by atoms with E-state index in [2.05, 4.69) is 5.43 Å². The predicted octanol–water partition coefficient (Wildman–Crippen LogP) is 0.515. The third kappa shape index (κ3) is 2.84. The lowest BCUT2D eigenvalue weighted by atomic mass is 10.1. The second-order valence-electron chi connectivity index (χ2n) is 4.10. The first kappa shape index (κ1) is 12.5. The van der Waals surface area contributed by atoms with Gasteiger partial charge >= 0.3 is 6.03 Å². The van der Waals surface area contributed by atoms with Crippen molar-refractivity contribution in [2.24, 2.45) is 5.84 Å². The summed E-state index contributed by atoms with van der Waals surface area (Å²) in [6, 6.07) is 5.52. The lowest BCUT2D eigenvalue weighted by Gasteiger charge is -2.20. The number of benzene rings is 1. The summed E-state index contributed by atoms with van der Waals surface area (Å²) in [4.78, 5) is 12.7. The molecule has 0 unspecified atom stereocenters. The molecule has 0 saturated carbocycles. The van der Waals surface area contributed by atoms with Gasteiger partial charge in [-0.25, -0.2) is 10.6 Å². The molecule has 18 heavy (non-hydrogen) atoms. The van der Waals surface area contributed by atoms with Crippen LogP contribution in [0.5, 0.6) is 11.5 Å². The average molecular weight is 251 g/mol. The summed E-state index contributed by atoms with van der Waals surface area (Å²) in [5.74, 6) is 6.60. The number of amides is 2. The Morgan fingerprint density at radius 3 is 2.83 bits per heavy atom. The molecule has 2 amide bonds. The van der Waals surface area contributed by atoms with Crippen LogP contribution < -0.4 is 20.7 Å². The number of hydrazine groups is 1. The lowest BCUT2D eigenvalue weighted by molar-refractivity contribution is 0.171. The van der Waals surface area contributed by atoms with Crippen LogP contribution in [0.2, 0.25) is 0 Å². The summed E-state index contributed by atoms with van der Waals surface area (Å²) in [5, 5.41) is 0.